The molecule has 0 radical (unpaired) electrons. The number of hydrogen-bond donors (Lipinski definition) is 0. The molecule has 0 spiro atoms. The summed E-state index contributed by atoms with van der Waals surface area (Å²) in [5, 5.41) is 1.89. The number of alkyl halides is 3. The van der Waals surface area contributed by atoms with Gasteiger partial charge in [0.2, 0.25) is 0 Å². The Morgan fingerprint density at radius 2 is 1.72 bits per heavy atom. The van der Waals surface area contributed by atoms with E-state index in [2.05, 4.69) is 4.18 Å². The summed E-state index contributed by atoms with van der Waals surface area (Å²) < 4.78 is 79.4. The lowest BCUT2D eigenvalue weighted by Gasteiger charge is -2.38. The summed E-state index contributed by atoms with van der Waals surface area (Å²) >= 11 is 0. The first-order valence-corrected chi connectivity index (χ1v) is 13.8. The maximum absolute atomic E-state index is 13.4. The van der Waals surface area contributed by atoms with E-state index in [0.29, 0.717) is 0 Å². The third-order valence-corrected chi connectivity index (χ3v) is 7.31. The van der Waals surface area contributed by atoms with Crippen molar-refractivity contribution in [3.63, 3.8) is 0 Å². The first kappa shape index (κ1) is 28.7. The average Bonchev–Trinajstić information content (AvgIpc) is 2.84. The van der Waals surface area contributed by atoms with E-state index < -0.39 is 57.2 Å². The minimum absolute atomic E-state index is 0.140. The maximum atomic E-state index is 13.4. The number of nitrogens with zero attached hydrogens (tertiary/aromatic N) is 1. The van der Waals surface area contributed by atoms with Crippen molar-refractivity contribution in [3.05, 3.63) is 84.2 Å². The van der Waals surface area contributed by atoms with Crippen LogP contribution in [0.5, 0.6) is 0 Å². The quantitative estimate of drug-likeness (QED) is 0.298. The number of halogens is 3. The Morgan fingerprint density at radius 3 is 2.41 bits per heavy atom. The smallest absolute Gasteiger partial charge is 0.444 e. The molecule has 1 amide bonds. The Labute approximate surface area is 225 Å². The number of hydrogen-bond acceptors (Lipinski definition) is 6. The van der Waals surface area contributed by atoms with Gasteiger partial charge in [-0.15, -0.1) is 0 Å². The van der Waals surface area contributed by atoms with E-state index in [4.69, 9.17) is 9.47 Å². The number of allylic oxidation sites excluding steroid dienone is 2. The molecule has 1 heterocycles. The Kier molecular flexibility index (Phi) is 7.86. The van der Waals surface area contributed by atoms with Crippen LogP contribution >= 0.6 is 0 Å². The van der Waals surface area contributed by atoms with Gasteiger partial charge < -0.3 is 13.7 Å². The molecule has 0 fully saturated rings. The van der Waals surface area contributed by atoms with E-state index in [1.807, 2.05) is 49.4 Å². The van der Waals surface area contributed by atoms with Crippen molar-refractivity contribution < 1.29 is 40.0 Å². The number of ether oxygens (including phenoxy) is 2. The summed E-state index contributed by atoms with van der Waals surface area (Å²) in [4.78, 5) is 14.9. The van der Waals surface area contributed by atoms with Crippen LogP contribution < -0.4 is 0 Å². The summed E-state index contributed by atoms with van der Waals surface area (Å²) in [5.41, 5.74) is -5.60. The predicted octanol–water partition coefficient (Wildman–Crippen LogP) is 6.40. The molecule has 4 atom stereocenters. The number of carbonyl (C=O) groups excluding carboxylic acids is 1. The van der Waals surface area contributed by atoms with Crippen molar-refractivity contribution in [1.82, 2.24) is 4.90 Å². The van der Waals surface area contributed by atoms with E-state index in [1.54, 1.807) is 39.0 Å². The average molecular weight is 566 g/mol. The molecule has 0 bridgehead atoms. The van der Waals surface area contributed by atoms with Crippen LogP contribution in [-0.4, -0.2) is 49.3 Å². The van der Waals surface area contributed by atoms with Gasteiger partial charge in [-0.3, -0.25) is 4.90 Å². The van der Waals surface area contributed by atoms with Gasteiger partial charge in [0.25, 0.3) is 0 Å². The van der Waals surface area contributed by atoms with E-state index in [0.717, 1.165) is 16.3 Å². The molecular formula is C28H30F3NO6S. The number of rotatable bonds is 6. The van der Waals surface area contributed by atoms with Crippen LogP contribution in [0.25, 0.3) is 10.8 Å². The van der Waals surface area contributed by atoms with Gasteiger partial charge in [0.05, 0.1) is 30.7 Å². The third-order valence-electron chi connectivity index (χ3n) is 6.33. The lowest BCUT2D eigenvalue weighted by molar-refractivity contribution is -0.0561. The van der Waals surface area contributed by atoms with Crippen molar-refractivity contribution in [1.29, 1.82) is 0 Å². The highest BCUT2D eigenvalue weighted by Gasteiger charge is 2.50. The van der Waals surface area contributed by atoms with Crippen LogP contribution in [0.4, 0.5) is 18.0 Å². The van der Waals surface area contributed by atoms with Gasteiger partial charge in [-0.1, -0.05) is 66.8 Å². The molecule has 210 valence electrons. The summed E-state index contributed by atoms with van der Waals surface area (Å²) in [6, 6.07) is 12.8. The summed E-state index contributed by atoms with van der Waals surface area (Å²) in [6.07, 6.45) is 5.04. The van der Waals surface area contributed by atoms with Crippen molar-refractivity contribution in [2.45, 2.75) is 57.1 Å². The Bertz CT molecular complexity index is 1420. The molecule has 0 aromatic heterocycles. The van der Waals surface area contributed by atoms with Gasteiger partial charge in [-0.25, -0.2) is 4.79 Å². The zero-order valence-electron chi connectivity index (χ0n) is 21.9. The normalized spacial score (nSPS) is 22.1. The van der Waals surface area contributed by atoms with Gasteiger partial charge in [0.1, 0.15) is 11.4 Å². The molecule has 1 aliphatic heterocycles. The minimum atomic E-state index is -5.91. The topological polar surface area (TPSA) is 82.1 Å². The molecule has 2 aromatic carbocycles. The van der Waals surface area contributed by atoms with E-state index in [9.17, 15) is 26.4 Å². The molecule has 2 aliphatic rings. The molecule has 0 N–H and O–H groups in total. The highest BCUT2D eigenvalue weighted by Crippen LogP contribution is 2.37. The molecule has 0 saturated heterocycles. The van der Waals surface area contributed by atoms with Crippen LogP contribution in [0.15, 0.2) is 78.6 Å². The summed E-state index contributed by atoms with van der Waals surface area (Å²) in [6.45, 7) is 6.84. The molecule has 4 rings (SSSR count). The second-order valence-electron chi connectivity index (χ2n) is 10.4. The zero-order chi connectivity index (χ0) is 28.6. The third kappa shape index (κ3) is 6.47. The SMILES string of the molecule is C[C@H](c1cccc2ccccc12)N(C[C@H]1C=C(OS(=O)(=O)C(F)(F)F)C2C=CC=CC2O1)C(=O)OC(C)(C)C. The highest BCUT2D eigenvalue weighted by molar-refractivity contribution is 7.87. The molecule has 0 saturated carbocycles. The largest absolute Gasteiger partial charge is 0.534 e. The molecular weight excluding hydrogens is 535 g/mol. The molecule has 1 aliphatic carbocycles. The van der Waals surface area contributed by atoms with Crippen LogP contribution in [0.1, 0.15) is 39.3 Å². The van der Waals surface area contributed by atoms with Crippen LogP contribution in [-0.2, 0) is 23.8 Å². The summed E-state index contributed by atoms with van der Waals surface area (Å²) in [7, 11) is -5.91. The Balaban J connectivity index is 1.72. The van der Waals surface area contributed by atoms with Gasteiger partial charge >= 0.3 is 21.7 Å². The molecule has 39 heavy (non-hydrogen) atoms. The maximum Gasteiger partial charge on any atom is 0.534 e. The van der Waals surface area contributed by atoms with E-state index in [-0.39, 0.29) is 6.54 Å². The minimum Gasteiger partial charge on any atom is -0.444 e. The number of benzene rings is 2. The fourth-order valence-electron chi connectivity index (χ4n) is 4.55. The fraction of sp³-hybridized carbons (Fsp3) is 0.393. The first-order chi connectivity index (χ1) is 18.2. The van der Waals surface area contributed by atoms with Crippen molar-refractivity contribution in [3.8, 4) is 0 Å². The number of fused-ring (bicyclic) bond motifs is 2. The monoisotopic (exact) mass is 565 g/mol. The summed E-state index contributed by atoms with van der Waals surface area (Å²) in [5.74, 6) is -1.30. The van der Waals surface area contributed by atoms with Gasteiger partial charge in [0.15, 0.2) is 0 Å². The lowest BCUT2D eigenvalue weighted by atomic mass is 9.92. The molecule has 7 nitrogen and oxygen atoms in total. The van der Waals surface area contributed by atoms with Crippen LogP contribution in [0, 0.1) is 5.92 Å². The second kappa shape index (κ2) is 10.7. The number of amides is 1. The highest BCUT2D eigenvalue weighted by atomic mass is 32.2. The van der Waals surface area contributed by atoms with Gasteiger partial charge in [-0.05, 0) is 50.1 Å². The number of carbonyl (C=O) groups is 1. The Morgan fingerprint density at radius 1 is 1.05 bits per heavy atom. The first-order valence-electron chi connectivity index (χ1n) is 12.4. The van der Waals surface area contributed by atoms with Gasteiger partial charge in [0, 0.05) is 0 Å². The van der Waals surface area contributed by atoms with Gasteiger partial charge in [-0.2, -0.15) is 21.6 Å². The van der Waals surface area contributed by atoms with Crippen LogP contribution in [0.2, 0.25) is 0 Å². The van der Waals surface area contributed by atoms with Crippen LogP contribution in [0.3, 0.4) is 0 Å². The Hall–Kier alpha value is -3.31. The van der Waals surface area contributed by atoms with Crippen molar-refractivity contribution >= 4 is 27.0 Å². The van der Waals surface area contributed by atoms with Crippen molar-refractivity contribution in [2.24, 2.45) is 5.92 Å². The second-order valence-corrected chi connectivity index (χ2v) is 11.9. The standard InChI is InChI=1S/C28H30F3NO6S/c1-18(21-14-9-11-19-10-5-6-12-22(19)21)32(26(33)37-27(2,3)4)17-20-16-25(38-39(34,35)28(29,30)31)23-13-7-8-15-24(23)36-20/h5-16,18,20,23-24H,17H2,1-4H3/t18-,20-,23?,24?/m1/s1. The molecule has 2 unspecified atom stereocenters. The molecule has 11 heteroatoms. The predicted molar refractivity (Wildman–Crippen MR) is 140 cm³/mol. The fourth-order valence-corrected chi connectivity index (χ4v) is 5.06. The van der Waals surface area contributed by atoms with E-state index in [1.165, 1.54) is 17.1 Å². The van der Waals surface area contributed by atoms with Crippen molar-refractivity contribution in [2.75, 3.05) is 6.54 Å². The lowest BCUT2D eigenvalue weighted by Crippen LogP contribution is -2.46. The molecule has 2 aromatic rings. The zero-order valence-corrected chi connectivity index (χ0v) is 22.7. The van der Waals surface area contributed by atoms with E-state index >= 15 is 0 Å².